The molecule has 2 fully saturated rings. The van der Waals surface area contributed by atoms with E-state index in [1.807, 2.05) is 24.3 Å². The molecule has 1 saturated heterocycles. The van der Waals surface area contributed by atoms with Crippen molar-refractivity contribution in [3.05, 3.63) is 52.5 Å². The van der Waals surface area contributed by atoms with Gasteiger partial charge in [-0.2, -0.15) is 0 Å². The number of amides is 1. The minimum absolute atomic E-state index is 0.0383. The topological polar surface area (TPSA) is 71.0 Å². The van der Waals surface area contributed by atoms with Gasteiger partial charge in [-0.25, -0.2) is 0 Å². The highest BCUT2D eigenvalue weighted by Crippen LogP contribution is 2.37. The van der Waals surface area contributed by atoms with Gasteiger partial charge in [0.05, 0.1) is 15.7 Å². The summed E-state index contributed by atoms with van der Waals surface area (Å²) >= 11 is 12.1. The van der Waals surface area contributed by atoms with Gasteiger partial charge in [-0.15, -0.1) is 0 Å². The number of aliphatic hydroxyl groups is 1. The molecule has 0 radical (unpaired) electrons. The summed E-state index contributed by atoms with van der Waals surface area (Å²) in [5.41, 5.74) is -0.316. The summed E-state index contributed by atoms with van der Waals surface area (Å²) in [4.78, 5) is 13.8. The molecule has 1 aliphatic carbocycles. The Hall–Kier alpha value is -1.99. The largest absolute Gasteiger partial charge is 0.490 e. The Balaban J connectivity index is 1.34. The number of hydrogen-bond donors (Lipinski definition) is 2. The third-order valence-electron chi connectivity index (χ3n) is 6.49. The zero-order valence-electron chi connectivity index (χ0n) is 18.7. The van der Waals surface area contributed by atoms with E-state index in [0.717, 1.165) is 44.5 Å². The second kappa shape index (κ2) is 10.5. The summed E-state index contributed by atoms with van der Waals surface area (Å²) < 4.78 is 12.1. The van der Waals surface area contributed by atoms with Crippen LogP contribution in [-0.4, -0.2) is 53.4 Å². The molecule has 178 valence electrons. The highest BCUT2D eigenvalue weighted by Gasteiger charge is 2.46. The number of piperidine rings is 1. The van der Waals surface area contributed by atoms with Crippen LogP contribution in [0.5, 0.6) is 11.5 Å². The number of nitrogens with zero attached hydrogens (tertiary/aromatic N) is 1. The smallest absolute Gasteiger partial charge is 0.221 e. The average molecular weight is 493 g/mol. The van der Waals surface area contributed by atoms with E-state index in [0.29, 0.717) is 27.9 Å². The number of likely N-dealkylation sites (tertiary alicyclic amines) is 1. The van der Waals surface area contributed by atoms with Gasteiger partial charge < -0.3 is 19.9 Å². The van der Waals surface area contributed by atoms with Gasteiger partial charge in [0.1, 0.15) is 29.8 Å². The van der Waals surface area contributed by atoms with E-state index in [1.165, 1.54) is 6.92 Å². The van der Waals surface area contributed by atoms with E-state index in [1.54, 1.807) is 18.2 Å². The molecule has 0 bridgehead atoms. The van der Waals surface area contributed by atoms with Crippen molar-refractivity contribution in [3.8, 4) is 11.5 Å². The summed E-state index contributed by atoms with van der Waals surface area (Å²) in [7, 11) is 0. The number of rotatable bonds is 7. The SMILES string of the molecule is CC(=O)Nc1ccccc1OC[C@@]1(O)CCC[C@H]1N1CCC(Oc2ccc(Cl)c(Cl)c2)CC1. The van der Waals surface area contributed by atoms with E-state index in [9.17, 15) is 9.90 Å². The fraction of sp³-hybridized carbons (Fsp3) is 0.480. The van der Waals surface area contributed by atoms with Crippen LogP contribution < -0.4 is 14.8 Å². The molecule has 1 saturated carbocycles. The summed E-state index contributed by atoms with van der Waals surface area (Å²) in [6.07, 6.45) is 4.44. The minimum atomic E-state index is -0.930. The molecule has 2 aromatic rings. The van der Waals surface area contributed by atoms with Crippen molar-refractivity contribution in [1.82, 2.24) is 4.90 Å². The fourth-order valence-corrected chi connectivity index (χ4v) is 5.15. The molecule has 2 aromatic carbocycles. The van der Waals surface area contributed by atoms with Crippen molar-refractivity contribution < 1.29 is 19.4 Å². The Labute approximate surface area is 204 Å². The molecule has 2 aliphatic rings. The summed E-state index contributed by atoms with van der Waals surface area (Å²) in [6, 6.07) is 12.7. The lowest BCUT2D eigenvalue weighted by molar-refractivity contribution is -0.114. The van der Waals surface area contributed by atoms with Gasteiger partial charge in [0.2, 0.25) is 5.91 Å². The fourth-order valence-electron chi connectivity index (χ4n) is 4.86. The Bertz CT molecular complexity index is 981. The first-order chi connectivity index (χ1) is 15.8. The number of nitrogens with one attached hydrogen (secondary N) is 1. The van der Waals surface area contributed by atoms with Crippen LogP contribution in [0, 0.1) is 0 Å². The maximum atomic E-state index is 11.5. The maximum Gasteiger partial charge on any atom is 0.221 e. The van der Waals surface area contributed by atoms with Gasteiger partial charge in [0.15, 0.2) is 0 Å². The number of anilines is 1. The Morgan fingerprint density at radius 3 is 2.64 bits per heavy atom. The molecule has 2 N–H and O–H groups in total. The minimum Gasteiger partial charge on any atom is -0.490 e. The van der Waals surface area contributed by atoms with Crippen LogP contribution in [0.2, 0.25) is 10.0 Å². The van der Waals surface area contributed by atoms with E-state index in [4.69, 9.17) is 32.7 Å². The van der Waals surface area contributed by atoms with Gasteiger partial charge >= 0.3 is 0 Å². The molecule has 1 amide bonds. The lowest BCUT2D eigenvalue weighted by Crippen LogP contribution is -2.55. The van der Waals surface area contributed by atoms with Crippen LogP contribution in [0.25, 0.3) is 0 Å². The number of para-hydroxylation sites is 2. The monoisotopic (exact) mass is 492 g/mol. The van der Waals surface area contributed by atoms with Crippen LogP contribution >= 0.6 is 23.2 Å². The van der Waals surface area contributed by atoms with Gasteiger partial charge in [0.25, 0.3) is 0 Å². The van der Waals surface area contributed by atoms with Crippen LogP contribution in [0.1, 0.15) is 39.0 Å². The van der Waals surface area contributed by atoms with Crippen molar-refractivity contribution in [3.63, 3.8) is 0 Å². The Morgan fingerprint density at radius 2 is 1.91 bits per heavy atom. The van der Waals surface area contributed by atoms with Crippen molar-refractivity contribution in [2.45, 2.75) is 56.8 Å². The number of carbonyl (C=O) groups excluding carboxylic acids is 1. The predicted octanol–water partition coefficient (Wildman–Crippen LogP) is 5.16. The molecule has 0 unspecified atom stereocenters. The second-order valence-electron chi connectivity index (χ2n) is 8.91. The maximum absolute atomic E-state index is 11.5. The van der Waals surface area contributed by atoms with Gasteiger partial charge in [0, 0.05) is 32.1 Å². The number of ether oxygens (including phenoxy) is 2. The molecule has 2 atom stereocenters. The van der Waals surface area contributed by atoms with Crippen LogP contribution in [0.4, 0.5) is 5.69 Å². The molecular weight excluding hydrogens is 463 g/mol. The van der Waals surface area contributed by atoms with Crippen LogP contribution in [0.15, 0.2) is 42.5 Å². The molecule has 0 aromatic heterocycles. The molecule has 1 heterocycles. The highest BCUT2D eigenvalue weighted by atomic mass is 35.5. The molecule has 6 nitrogen and oxygen atoms in total. The number of hydrogen-bond acceptors (Lipinski definition) is 5. The van der Waals surface area contributed by atoms with Crippen LogP contribution in [0.3, 0.4) is 0 Å². The zero-order valence-corrected chi connectivity index (χ0v) is 20.2. The third kappa shape index (κ3) is 5.93. The first-order valence-electron chi connectivity index (χ1n) is 11.4. The van der Waals surface area contributed by atoms with Gasteiger partial charge in [-0.05, 0) is 56.4 Å². The van der Waals surface area contributed by atoms with E-state index in [-0.39, 0.29) is 24.7 Å². The number of benzene rings is 2. The molecule has 8 heteroatoms. The van der Waals surface area contributed by atoms with Crippen molar-refractivity contribution in [2.75, 3.05) is 25.0 Å². The second-order valence-corrected chi connectivity index (χ2v) is 9.72. The Morgan fingerprint density at radius 1 is 1.15 bits per heavy atom. The highest BCUT2D eigenvalue weighted by molar-refractivity contribution is 6.42. The quantitative estimate of drug-likeness (QED) is 0.558. The summed E-state index contributed by atoms with van der Waals surface area (Å²) in [5, 5.41) is 15.3. The molecular formula is C25H30Cl2N2O4. The predicted molar refractivity (Wildman–Crippen MR) is 131 cm³/mol. The zero-order chi connectivity index (χ0) is 23.4. The van der Waals surface area contributed by atoms with Gasteiger partial charge in [-0.3, -0.25) is 9.69 Å². The van der Waals surface area contributed by atoms with E-state index >= 15 is 0 Å². The van der Waals surface area contributed by atoms with Crippen LogP contribution in [-0.2, 0) is 4.79 Å². The third-order valence-corrected chi connectivity index (χ3v) is 7.23. The van der Waals surface area contributed by atoms with Crippen molar-refractivity contribution >= 4 is 34.8 Å². The molecule has 1 aliphatic heterocycles. The van der Waals surface area contributed by atoms with Crippen molar-refractivity contribution in [1.29, 1.82) is 0 Å². The molecule has 0 spiro atoms. The standard InChI is InChI=1S/C25H30Cl2N2O4/c1-17(30)28-22-5-2-3-6-23(22)32-16-25(31)12-4-7-24(25)29-13-10-18(11-14-29)33-19-8-9-20(26)21(27)15-19/h2-3,5-6,8-9,15,18,24,31H,4,7,10-14,16H2,1H3,(H,28,30)/t24-,25+/m1/s1. The summed E-state index contributed by atoms with van der Waals surface area (Å²) in [6.45, 7) is 3.35. The average Bonchev–Trinajstić information content (AvgIpc) is 3.17. The van der Waals surface area contributed by atoms with Crippen molar-refractivity contribution in [2.24, 2.45) is 0 Å². The first kappa shape index (κ1) is 24.1. The Kier molecular flexibility index (Phi) is 7.69. The normalized spacial score (nSPS) is 23.9. The van der Waals surface area contributed by atoms with E-state index in [2.05, 4.69) is 10.2 Å². The first-order valence-corrected chi connectivity index (χ1v) is 12.2. The molecule has 33 heavy (non-hydrogen) atoms. The lowest BCUT2D eigenvalue weighted by Gasteiger charge is -2.42. The lowest BCUT2D eigenvalue weighted by atomic mass is 9.94. The number of halogens is 2. The summed E-state index contributed by atoms with van der Waals surface area (Å²) in [5.74, 6) is 1.14. The number of carbonyl (C=O) groups is 1. The van der Waals surface area contributed by atoms with Gasteiger partial charge in [-0.1, -0.05) is 35.3 Å². The molecule has 4 rings (SSSR count). The van der Waals surface area contributed by atoms with E-state index < -0.39 is 5.60 Å².